The molecule has 0 heterocycles. The second-order valence-corrected chi connectivity index (χ2v) is 4.67. The summed E-state index contributed by atoms with van der Waals surface area (Å²) < 4.78 is 0. The van der Waals surface area contributed by atoms with Gasteiger partial charge >= 0.3 is 5.97 Å². The lowest BCUT2D eigenvalue weighted by Gasteiger charge is -2.17. The second-order valence-electron chi connectivity index (χ2n) is 4.67. The van der Waals surface area contributed by atoms with E-state index in [2.05, 4.69) is 5.32 Å². The Kier molecular flexibility index (Phi) is 5.99. The molecule has 0 bridgehead atoms. The van der Waals surface area contributed by atoms with Gasteiger partial charge in [-0.1, -0.05) is 25.5 Å². The predicted octanol–water partition coefficient (Wildman–Crippen LogP) is 0.631. The summed E-state index contributed by atoms with van der Waals surface area (Å²) in [5, 5.41) is 20.6. The molecule has 0 radical (unpaired) electrons. The molecule has 0 spiro atoms. The van der Waals surface area contributed by atoms with E-state index in [4.69, 9.17) is 15.9 Å². The molecule has 0 aliphatic rings. The van der Waals surface area contributed by atoms with E-state index in [1.165, 1.54) is 12.1 Å². The van der Waals surface area contributed by atoms with Gasteiger partial charge in [0, 0.05) is 0 Å². The lowest BCUT2D eigenvalue weighted by atomic mass is 10.0. The van der Waals surface area contributed by atoms with Gasteiger partial charge in [-0.25, -0.2) is 4.79 Å². The number of hydrogen-bond acceptors (Lipinski definition) is 4. The summed E-state index contributed by atoms with van der Waals surface area (Å²) in [6.45, 7) is 1.85. The number of amides is 1. The van der Waals surface area contributed by atoms with Crippen LogP contribution in [0.15, 0.2) is 24.3 Å². The van der Waals surface area contributed by atoms with Gasteiger partial charge < -0.3 is 21.3 Å². The minimum absolute atomic E-state index is 0.139. The zero-order chi connectivity index (χ0) is 15.1. The van der Waals surface area contributed by atoms with Gasteiger partial charge in [0.15, 0.2) is 0 Å². The van der Waals surface area contributed by atoms with Crippen LogP contribution in [0.3, 0.4) is 0 Å². The van der Waals surface area contributed by atoms with E-state index in [1.807, 2.05) is 6.92 Å². The van der Waals surface area contributed by atoms with Crippen LogP contribution in [-0.4, -0.2) is 34.2 Å². The molecule has 2 atom stereocenters. The normalized spacial score (nSPS) is 13.5. The van der Waals surface area contributed by atoms with Crippen molar-refractivity contribution < 1.29 is 19.8 Å². The summed E-state index contributed by atoms with van der Waals surface area (Å²) in [4.78, 5) is 22.8. The molecule has 20 heavy (non-hydrogen) atoms. The SMILES string of the molecule is CCC[C@H](NC(=O)C(N)Cc1ccc(O)cc1)C(=O)O. The maximum absolute atomic E-state index is 11.9. The highest BCUT2D eigenvalue weighted by atomic mass is 16.4. The van der Waals surface area contributed by atoms with Gasteiger partial charge in [0.25, 0.3) is 0 Å². The number of phenols is 1. The number of nitrogens with two attached hydrogens (primary N) is 1. The zero-order valence-electron chi connectivity index (χ0n) is 11.4. The Morgan fingerprint density at radius 1 is 1.30 bits per heavy atom. The first-order chi connectivity index (χ1) is 9.43. The largest absolute Gasteiger partial charge is 0.508 e. The lowest BCUT2D eigenvalue weighted by Crippen LogP contribution is -2.49. The molecule has 0 fully saturated rings. The molecule has 0 aromatic heterocycles. The fourth-order valence-electron chi connectivity index (χ4n) is 1.80. The first-order valence-corrected chi connectivity index (χ1v) is 6.50. The Morgan fingerprint density at radius 3 is 2.40 bits per heavy atom. The maximum atomic E-state index is 11.9. The Hall–Kier alpha value is -2.08. The number of carbonyl (C=O) groups is 2. The lowest BCUT2D eigenvalue weighted by molar-refractivity contribution is -0.142. The van der Waals surface area contributed by atoms with Crippen LogP contribution in [-0.2, 0) is 16.0 Å². The van der Waals surface area contributed by atoms with Crippen molar-refractivity contribution in [1.29, 1.82) is 0 Å². The van der Waals surface area contributed by atoms with Crippen LogP contribution in [0.4, 0.5) is 0 Å². The average Bonchev–Trinajstić information content (AvgIpc) is 2.40. The summed E-state index contributed by atoms with van der Waals surface area (Å²) in [5.74, 6) is -1.41. The third-order valence-corrected chi connectivity index (χ3v) is 2.92. The molecule has 1 rings (SSSR count). The maximum Gasteiger partial charge on any atom is 0.326 e. The Balaban J connectivity index is 2.57. The number of aromatic hydroxyl groups is 1. The zero-order valence-corrected chi connectivity index (χ0v) is 11.4. The molecule has 6 nitrogen and oxygen atoms in total. The fraction of sp³-hybridized carbons (Fsp3) is 0.429. The van der Waals surface area contributed by atoms with Crippen molar-refractivity contribution in [3.05, 3.63) is 29.8 Å². The highest BCUT2D eigenvalue weighted by molar-refractivity contribution is 5.86. The van der Waals surface area contributed by atoms with Crippen molar-refractivity contribution in [2.75, 3.05) is 0 Å². The number of aliphatic carboxylic acids is 1. The quantitative estimate of drug-likeness (QED) is 0.585. The number of phenolic OH excluding ortho intramolecular Hbond substituents is 1. The van der Waals surface area contributed by atoms with E-state index in [9.17, 15) is 9.59 Å². The van der Waals surface area contributed by atoms with E-state index < -0.39 is 24.0 Å². The van der Waals surface area contributed by atoms with Crippen molar-refractivity contribution in [1.82, 2.24) is 5.32 Å². The Bertz CT molecular complexity index is 459. The van der Waals surface area contributed by atoms with Gasteiger partial charge in [-0.2, -0.15) is 0 Å². The molecule has 5 N–H and O–H groups in total. The molecule has 0 aliphatic carbocycles. The van der Waals surface area contributed by atoms with Gasteiger partial charge in [-0.05, 0) is 30.5 Å². The topological polar surface area (TPSA) is 113 Å². The minimum Gasteiger partial charge on any atom is -0.508 e. The molecule has 110 valence electrons. The van der Waals surface area contributed by atoms with E-state index >= 15 is 0 Å². The summed E-state index contributed by atoms with van der Waals surface area (Å²) in [6, 6.07) is 4.64. The van der Waals surface area contributed by atoms with Crippen LogP contribution in [0.1, 0.15) is 25.3 Å². The number of rotatable bonds is 7. The number of carboxylic acid groups (broad SMARTS) is 1. The Labute approximate surface area is 117 Å². The predicted molar refractivity (Wildman–Crippen MR) is 74.3 cm³/mol. The first-order valence-electron chi connectivity index (χ1n) is 6.50. The van der Waals surface area contributed by atoms with Crippen LogP contribution in [0.5, 0.6) is 5.75 Å². The van der Waals surface area contributed by atoms with Crippen LogP contribution in [0.25, 0.3) is 0 Å². The van der Waals surface area contributed by atoms with Gasteiger partial charge in [0.1, 0.15) is 11.8 Å². The van der Waals surface area contributed by atoms with Crippen molar-refractivity contribution in [3.63, 3.8) is 0 Å². The number of nitrogens with one attached hydrogen (secondary N) is 1. The van der Waals surface area contributed by atoms with E-state index in [-0.39, 0.29) is 12.2 Å². The standard InChI is InChI=1S/C14H20N2O4/c1-2-3-12(14(19)20)16-13(18)11(15)8-9-4-6-10(17)7-5-9/h4-7,11-12,17H,2-3,8,15H2,1H3,(H,16,18)(H,19,20)/t11?,12-/m0/s1. The molecule has 1 amide bonds. The Morgan fingerprint density at radius 2 is 1.90 bits per heavy atom. The van der Waals surface area contributed by atoms with Crippen molar-refractivity contribution in [2.24, 2.45) is 5.73 Å². The highest BCUT2D eigenvalue weighted by Crippen LogP contribution is 2.11. The molecular formula is C14H20N2O4. The van der Waals surface area contributed by atoms with Crippen LogP contribution in [0.2, 0.25) is 0 Å². The summed E-state index contributed by atoms with van der Waals surface area (Å²) in [6.07, 6.45) is 1.31. The number of hydrogen-bond donors (Lipinski definition) is 4. The smallest absolute Gasteiger partial charge is 0.326 e. The van der Waals surface area contributed by atoms with Gasteiger partial charge in [-0.3, -0.25) is 4.79 Å². The molecule has 0 saturated carbocycles. The molecule has 1 unspecified atom stereocenters. The van der Waals surface area contributed by atoms with Crippen molar-refractivity contribution in [2.45, 2.75) is 38.3 Å². The van der Waals surface area contributed by atoms with Gasteiger partial charge in [-0.15, -0.1) is 0 Å². The molecule has 0 saturated heterocycles. The second kappa shape index (κ2) is 7.49. The fourth-order valence-corrected chi connectivity index (χ4v) is 1.80. The highest BCUT2D eigenvalue weighted by Gasteiger charge is 2.22. The van der Waals surface area contributed by atoms with E-state index in [1.54, 1.807) is 12.1 Å². The average molecular weight is 280 g/mol. The molecule has 0 aliphatic heterocycles. The molecule has 6 heteroatoms. The summed E-state index contributed by atoms with van der Waals surface area (Å²) in [7, 11) is 0. The van der Waals surface area contributed by atoms with Gasteiger partial charge in [0.05, 0.1) is 6.04 Å². The summed E-state index contributed by atoms with van der Waals surface area (Å²) in [5.41, 5.74) is 6.56. The van der Waals surface area contributed by atoms with Crippen LogP contribution in [0, 0.1) is 0 Å². The third kappa shape index (κ3) is 4.89. The first kappa shape index (κ1) is 16.0. The van der Waals surface area contributed by atoms with Crippen molar-refractivity contribution in [3.8, 4) is 5.75 Å². The van der Waals surface area contributed by atoms with Crippen LogP contribution < -0.4 is 11.1 Å². The number of benzene rings is 1. The number of carbonyl (C=O) groups excluding carboxylic acids is 1. The van der Waals surface area contributed by atoms with Crippen molar-refractivity contribution >= 4 is 11.9 Å². The molecular weight excluding hydrogens is 260 g/mol. The monoisotopic (exact) mass is 280 g/mol. The minimum atomic E-state index is -1.06. The van der Waals surface area contributed by atoms with Gasteiger partial charge in [0.2, 0.25) is 5.91 Å². The van der Waals surface area contributed by atoms with E-state index in [0.717, 1.165) is 5.56 Å². The van der Waals surface area contributed by atoms with E-state index in [0.29, 0.717) is 12.8 Å². The molecule has 1 aromatic carbocycles. The summed E-state index contributed by atoms with van der Waals surface area (Å²) >= 11 is 0. The number of carboxylic acids is 1. The van der Waals surface area contributed by atoms with Crippen LogP contribution >= 0.6 is 0 Å². The third-order valence-electron chi connectivity index (χ3n) is 2.92. The molecule has 1 aromatic rings.